The Morgan fingerprint density at radius 3 is 2.38 bits per heavy atom. The predicted octanol–water partition coefficient (Wildman–Crippen LogP) is -0.732. The van der Waals surface area contributed by atoms with Gasteiger partial charge in [-0.05, 0) is 12.1 Å². The van der Waals surface area contributed by atoms with Gasteiger partial charge in [-0.15, -0.1) is 12.4 Å². The number of aliphatic hydroxyl groups is 1. The van der Waals surface area contributed by atoms with E-state index in [0.717, 1.165) is 17.0 Å². The lowest BCUT2D eigenvalue weighted by Crippen LogP contribution is -3.15. The van der Waals surface area contributed by atoms with Crippen molar-refractivity contribution in [1.82, 2.24) is 4.31 Å². The number of nitrogens with one attached hydrogen (secondary N) is 1. The smallest absolute Gasteiger partial charge is 0.246 e. The van der Waals surface area contributed by atoms with Crippen molar-refractivity contribution in [2.24, 2.45) is 0 Å². The zero-order valence-electron chi connectivity index (χ0n) is 11.3. The monoisotopic (exact) mass is 343 g/mol. The second-order valence-electron chi connectivity index (χ2n) is 4.70. The Morgan fingerprint density at radius 1 is 1.24 bits per heavy atom. The predicted molar refractivity (Wildman–Crippen MR) is 75.0 cm³/mol. The number of aliphatic hydroxyl groups excluding tert-OH is 1. The Labute approximate surface area is 128 Å². The van der Waals surface area contributed by atoms with Gasteiger partial charge in [0.25, 0.3) is 0 Å². The van der Waals surface area contributed by atoms with E-state index in [1.54, 1.807) is 0 Å². The van der Waals surface area contributed by atoms with Gasteiger partial charge in [-0.2, -0.15) is 4.31 Å². The number of halogens is 3. The first-order chi connectivity index (χ1) is 9.45. The molecule has 1 fully saturated rings. The molecule has 120 valence electrons. The number of hydrogen-bond donors (Lipinski definition) is 2. The summed E-state index contributed by atoms with van der Waals surface area (Å²) in [6, 6.07) is 2.45. The van der Waals surface area contributed by atoms with Crippen molar-refractivity contribution in [2.75, 3.05) is 39.3 Å². The minimum atomic E-state index is -3.93. The van der Waals surface area contributed by atoms with Crippen LogP contribution in [0.2, 0.25) is 0 Å². The second-order valence-corrected chi connectivity index (χ2v) is 6.61. The molecule has 1 saturated heterocycles. The molecule has 2 N–H and O–H groups in total. The molecule has 5 nitrogen and oxygen atoms in total. The maximum atomic E-state index is 13.6. The van der Waals surface area contributed by atoms with Crippen LogP contribution in [0, 0.1) is 11.6 Å². The van der Waals surface area contributed by atoms with Gasteiger partial charge in [0, 0.05) is 6.07 Å². The van der Waals surface area contributed by atoms with Gasteiger partial charge in [-0.1, -0.05) is 0 Å². The molecule has 0 spiro atoms. The number of benzene rings is 1. The van der Waals surface area contributed by atoms with Crippen molar-refractivity contribution in [3.8, 4) is 0 Å². The third-order valence-electron chi connectivity index (χ3n) is 3.41. The van der Waals surface area contributed by atoms with Gasteiger partial charge in [-0.25, -0.2) is 17.2 Å². The van der Waals surface area contributed by atoms with Crippen LogP contribution in [0.5, 0.6) is 0 Å². The van der Waals surface area contributed by atoms with Crippen LogP contribution in [-0.2, 0) is 10.0 Å². The van der Waals surface area contributed by atoms with Gasteiger partial charge >= 0.3 is 0 Å². The van der Waals surface area contributed by atoms with Crippen LogP contribution in [0.4, 0.5) is 8.78 Å². The average molecular weight is 344 g/mol. The van der Waals surface area contributed by atoms with Crippen molar-refractivity contribution in [3.05, 3.63) is 29.8 Å². The molecule has 0 amide bonds. The number of quaternary nitrogens is 1. The first kappa shape index (κ1) is 18.2. The van der Waals surface area contributed by atoms with E-state index in [2.05, 4.69) is 0 Å². The zero-order valence-corrected chi connectivity index (χ0v) is 12.9. The summed E-state index contributed by atoms with van der Waals surface area (Å²) in [6.07, 6.45) is 0. The van der Waals surface area contributed by atoms with Crippen LogP contribution < -0.4 is 4.90 Å². The highest BCUT2D eigenvalue weighted by Crippen LogP contribution is 2.20. The van der Waals surface area contributed by atoms with Crippen LogP contribution in [-0.4, -0.2) is 57.2 Å². The number of rotatable bonds is 4. The number of piperazine rings is 1. The molecule has 0 bridgehead atoms. The van der Waals surface area contributed by atoms with Crippen molar-refractivity contribution < 1.29 is 27.2 Å². The minimum Gasteiger partial charge on any atom is -0.391 e. The van der Waals surface area contributed by atoms with Gasteiger partial charge in [0.2, 0.25) is 10.0 Å². The molecular formula is C12H18ClF2N2O3S+. The fourth-order valence-electron chi connectivity index (χ4n) is 2.27. The lowest BCUT2D eigenvalue weighted by molar-refractivity contribution is -0.904. The van der Waals surface area contributed by atoms with Crippen LogP contribution in [0.25, 0.3) is 0 Å². The molecule has 1 heterocycles. The Kier molecular flexibility index (Phi) is 6.48. The summed E-state index contributed by atoms with van der Waals surface area (Å²) in [5.41, 5.74) is 0. The minimum absolute atomic E-state index is 0. The van der Waals surface area contributed by atoms with Crippen LogP contribution in [0.15, 0.2) is 23.1 Å². The quantitative estimate of drug-likeness (QED) is 0.757. The topological polar surface area (TPSA) is 62.0 Å². The van der Waals surface area contributed by atoms with Crippen molar-refractivity contribution in [1.29, 1.82) is 0 Å². The molecule has 9 heteroatoms. The van der Waals surface area contributed by atoms with Crippen molar-refractivity contribution >= 4 is 22.4 Å². The maximum Gasteiger partial charge on any atom is 0.246 e. The van der Waals surface area contributed by atoms with E-state index >= 15 is 0 Å². The summed E-state index contributed by atoms with van der Waals surface area (Å²) in [5, 5.41) is 8.85. The molecule has 0 saturated carbocycles. The molecule has 0 unspecified atom stereocenters. The molecule has 1 aliphatic rings. The van der Waals surface area contributed by atoms with Crippen LogP contribution in [0.1, 0.15) is 0 Å². The highest BCUT2D eigenvalue weighted by atomic mass is 35.5. The Morgan fingerprint density at radius 2 is 1.86 bits per heavy atom. The Bertz CT molecular complexity index is 578. The van der Waals surface area contributed by atoms with Crippen molar-refractivity contribution in [3.63, 3.8) is 0 Å². The zero-order chi connectivity index (χ0) is 14.8. The number of hydrogen-bond acceptors (Lipinski definition) is 3. The normalized spacial score (nSPS) is 17.5. The summed E-state index contributed by atoms with van der Waals surface area (Å²) >= 11 is 0. The molecule has 1 aliphatic heterocycles. The van der Waals surface area contributed by atoms with E-state index < -0.39 is 26.6 Å². The Balaban J connectivity index is 0.00000220. The van der Waals surface area contributed by atoms with Crippen LogP contribution in [0.3, 0.4) is 0 Å². The first-order valence-electron chi connectivity index (χ1n) is 6.35. The summed E-state index contributed by atoms with van der Waals surface area (Å²) in [4.78, 5) is 0.614. The molecule has 0 atom stereocenters. The molecule has 1 aromatic carbocycles. The molecule has 0 radical (unpaired) electrons. The largest absolute Gasteiger partial charge is 0.391 e. The fraction of sp³-hybridized carbons (Fsp3) is 0.500. The molecule has 2 rings (SSSR count). The van der Waals surface area contributed by atoms with Gasteiger partial charge in [0.1, 0.15) is 23.1 Å². The van der Waals surface area contributed by atoms with Gasteiger partial charge in [0.05, 0.1) is 32.8 Å². The maximum absolute atomic E-state index is 13.6. The molecule has 0 aromatic heterocycles. The van der Waals surface area contributed by atoms with E-state index in [1.165, 1.54) is 4.31 Å². The first-order valence-corrected chi connectivity index (χ1v) is 7.79. The SMILES string of the molecule is Cl.O=S(=O)(c1ccc(F)cc1F)N1CC[NH+](CCO)CC1. The third kappa shape index (κ3) is 4.10. The average Bonchev–Trinajstić information content (AvgIpc) is 2.39. The van der Waals surface area contributed by atoms with E-state index in [0.29, 0.717) is 25.7 Å². The lowest BCUT2D eigenvalue weighted by Gasteiger charge is -2.31. The van der Waals surface area contributed by atoms with Gasteiger partial charge in [-0.3, -0.25) is 0 Å². The highest BCUT2D eigenvalue weighted by molar-refractivity contribution is 7.89. The van der Waals surface area contributed by atoms with E-state index in [9.17, 15) is 17.2 Å². The van der Waals surface area contributed by atoms with E-state index in [1.807, 2.05) is 0 Å². The Hall–Kier alpha value is -0.800. The van der Waals surface area contributed by atoms with Gasteiger partial charge < -0.3 is 10.0 Å². The third-order valence-corrected chi connectivity index (χ3v) is 5.34. The molecule has 0 aliphatic carbocycles. The molecular weight excluding hydrogens is 326 g/mol. The fourth-order valence-corrected chi connectivity index (χ4v) is 3.76. The number of sulfonamides is 1. The summed E-state index contributed by atoms with van der Waals surface area (Å²) in [5.74, 6) is -1.88. The van der Waals surface area contributed by atoms with Crippen molar-refractivity contribution in [2.45, 2.75) is 4.90 Å². The highest BCUT2D eigenvalue weighted by Gasteiger charge is 2.32. The molecule has 1 aromatic rings. The summed E-state index contributed by atoms with van der Waals surface area (Å²) in [6.45, 7) is 2.25. The van der Waals surface area contributed by atoms with E-state index in [4.69, 9.17) is 5.11 Å². The standard InChI is InChI=1S/C12H16F2N2O3S.ClH/c13-10-1-2-12(11(14)9-10)20(18,19)16-5-3-15(4-6-16)7-8-17;/h1-2,9,17H,3-8H2;1H/p+1. The lowest BCUT2D eigenvalue weighted by atomic mass is 10.3. The second kappa shape index (κ2) is 7.46. The van der Waals surface area contributed by atoms with E-state index in [-0.39, 0.29) is 32.1 Å². The summed E-state index contributed by atoms with van der Waals surface area (Å²) < 4.78 is 52.2. The number of nitrogens with zero attached hydrogens (tertiary/aromatic N) is 1. The molecule has 21 heavy (non-hydrogen) atoms. The van der Waals surface area contributed by atoms with Gasteiger partial charge in [0.15, 0.2) is 0 Å². The van der Waals surface area contributed by atoms with Crippen LogP contribution >= 0.6 is 12.4 Å². The summed E-state index contributed by atoms with van der Waals surface area (Å²) in [7, 11) is -3.93.